The Morgan fingerprint density at radius 1 is 1.18 bits per heavy atom. The Balaban J connectivity index is 1.91. The van der Waals surface area contributed by atoms with Gasteiger partial charge in [-0.05, 0) is 43.0 Å². The molecule has 2 aromatic rings. The lowest BCUT2D eigenvalue weighted by Crippen LogP contribution is -2.59. The highest BCUT2D eigenvalue weighted by Crippen LogP contribution is 2.40. The quantitative estimate of drug-likeness (QED) is 0.177. The van der Waals surface area contributed by atoms with Gasteiger partial charge in [0, 0.05) is 11.6 Å². The van der Waals surface area contributed by atoms with Crippen LogP contribution in [0.3, 0.4) is 0 Å². The van der Waals surface area contributed by atoms with Crippen LogP contribution in [-0.2, 0) is 0 Å². The monoisotopic (exact) mass is 472 g/mol. The van der Waals surface area contributed by atoms with Crippen molar-refractivity contribution in [2.45, 2.75) is 52.1 Å². The van der Waals surface area contributed by atoms with E-state index < -0.39 is 16.6 Å². The Bertz CT molecular complexity index is 993. The predicted molar refractivity (Wildman–Crippen MR) is 128 cm³/mol. The smallest absolute Gasteiger partial charge is 0.274 e. The van der Waals surface area contributed by atoms with E-state index in [2.05, 4.69) is 39.9 Å². The maximum absolute atomic E-state index is 13.1. The summed E-state index contributed by atoms with van der Waals surface area (Å²) in [5.41, 5.74) is 0.418. The molecule has 1 unspecified atom stereocenters. The van der Waals surface area contributed by atoms with Crippen LogP contribution in [0, 0.1) is 21.4 Å². The van der Waals surface area contributed by atoms with E-state index in [1.165, 1.54) is 12.6 Å². The van der Waals surface area contributed by atoms with E-state index in [9.17, 15) is 14.9 Å². The SMILES string of the molecule is CC(C)(C1CCCCC1)C(NC(=O)c1ccccc1Cl)N/C(=N/[N+](=O)[O-])Nc1cccnc1. The highest BCUT2D eigenvalue weighted by molar-refractivity contribution is 6.33. The van der Waals surface area contributed by atoms with Crippen LogP contribution in [-0.4, -0.2) is 28.0 Å². The molecule has 1 heterocycles. The highest BCUT2D eigenvalue weighted by atomic mass is 35.5. The van der Waals surface area contributed by atoms with Crippen molar-refractivity contribution in [2.75, 3.05) is 5.32 Å². The number of aromatic nitrogens is 1. The van der Waals surface area contributed by atoms with Crippen molar-refractivity contribution in [1.29, 1.82) is 0 Å². The first-order valence-electron chi connectivity index (χ1n) is 11.0. The number of rotatable bonds is 7. The minimum Gasteiger partial charge on any atom is -0.331 e. The molecule has 0 radical (unpaired) electrons. The number of nitro groups is 1. The number of hydrazone groups is 1. The van der Waals surface area contributed by atoms with Gasteiger partial charge in [-0.2, -0.15) is 0 Å². The van der Waals surface area contributed by atoms with Gasteiger partial charge in [0.25, 0.3) is 11.9 Å². The second-order valence-electron chi connectivity index (χ2n) is 8.74. The van der Waals surface area contributed by atoms with Crippen LogP contribution in [0.5, 0.6) is 0 Å². The van der Waals surface area contributed by atoms with Crippen molar-refractivity contribution in [3.05, 3.63) is 69.5 Å². The normalized spacial score (nSPS) is 16.0. The zero-order chi connectivity index (χ0) is 23.8. The van der Waals surface area contributed by atoms with Gasteiger partial charge in [-0.25, -0.2) is 10.1 Å². The second-order valence-corrected chi connectivity index (χ2v) is 9.15. The number of amides is 1. The summed E-state index contributed by atoms with van der Waals surface area (Å²) in [7, 11) is 0. The van der Waals surface area contributed by atoms with Gasteiger partial charge in [-0.15, -0.1) is 0 Å². The molecule has 176 valence electrons. The first kappa shape index (κ1) is 24.4. The fourth-order valence-electron chi connectivity index (χ4n) is 4.23. The highest BCUT2D eigenvalue weighted by Gasteiger charge is 2.40. The van der Waals surface area contributed by atoms with E-state index in [-0.39, 0.29) is 11.9 Å². The molecule has 3 rings (SSSR count). The van der Waals surface area contributed by atoms with Gasteiger partial charge in [0.05, 0.1) is 22.5 Å². The van der Waals surface area contributed by atoms with Crippen LogP contribution < -0.4 is 16.0 Å². The minimum atomic E-state index is -0.785. The number of carbonyl (C=O) groups excluding carboxylic acids is 1. The predicted octanol–water partition coefficient (Wildman–Crippen LogP) is 4.65. The average Bonchev–Trinajstić information content (AvgIpc) is 2.79. The van der Waals surface area contributed by atoms with Crippen molar-refractivity contribution < 1.29 is 9.83 Å². The lowest BCUT2D eigenvalue weighted by atomic mass is 9.69. The maximum Gasteiger partial charge on any atom is 0.274 e. The molecular weight excluding hydrogens is 444 g/mol. The molecule has 3 N–H and O–H groups in total. The number of carbonyl (C=O) groups is 1. The van der Waals surface area contributed by atoms with E-state index in [1.807, 2.05) is 0 Å². The Morgan fingerprint density at radius 2 is 1.91 bits per heavy atom. The summed E-state index contributed by atoms with van der Waals surface area (Å²) in [6, 6.07) is 10.2. The van der Waals surface area contributed by atoms with Gasteiger partial charge in [-0.1, -0.05) is 56.8 Å². The Hall–Kier alpha value is -3.20. The summed E-state index contributed by atoms with van der Waals surface area (Å²) in [6.45, 7) is 4.11. The summed E-state index contributed by atoms with van der Waals surface area (Å²) < 4.78 is 0. The fourth-order valence-corrected chi connectivity index (χ4v) is 4.45. The summed E-state index contributed by atoms with van der Waals surface area (Å²) in [6.07, 6.45) is 7.92. The van der Waals surface area contributed by atoms with Gasteiger partial charge in [0.2, 0.25) is 0 Å². The largest absolute Gasteiger partial charge is 0.331 e. The topological polar surface area (TPSA) is 122 Å². The number of hydrogen-bond acceptors (Lipinski definition) is 4. The van der Waals surface area contributed by atoms with Crippen molar-refractivity contribution in [2.24, 2.45) is 16.4 Å². The maximum atomic E-state index is 13.1. The molecule has 1 atom stereocenters. The molecule has 1 aliphatic carbocycles. The molecular formula is C23H29ClN6O3. The second kappa shape index (κ2) is 11.1. The van der Waals surface area contributed by atoms with Crippen LogP contribution in [0.4, 0.5) is 5.69 Å². The first-order chi connectivity index (χ1) is 15.8. The summed E-state index contributed by atoms with van der Waals surface area (Å²) in [4.78, 5) is 28.4. The van der Waals surface area contributed by atoms with Gasteiger partial charge in [0.1, 0.15) is 11.3 Å². The average molecular weight is 473 g/mol. The van der Waals surface area contributed by atoms with Crippen LogP contribution in [0.25, 0.3) is 0 Å². The van der Waals surface area contributed by atoms with Crippen molar-refractivity contribution in [3.8, 4) is 0 Å². The van der Waals surface area contributed by atoms with Crippen LogP contribution >= 0.6 is 11.6 Å². The molecule has 0 spiro atoms. The molecule has 1 amide bonds. The summed E-state index contributed by atoms with van der Waals surface area (Å²) in [5, 5.41) is 23.3. The van der Waals surface area contributed by atoms with Gasteiger partial charge >= 0.3 is 0 Å². The Kier molecular flexibility index (Phi) is 8.21. The molecule has 0 aliphatic heterocycles. The van der Waals surface area contributed by atoms with Crippen molar-refractivity contribution in [3.63, 3.8) is 0 Å². The van der Waals surface area contributed by atoms with Crippen molar-refractivity contribution >= 4 is 29.2 Å². The molecule has 1 aliphatic rings. The molecule has 9 nitrogen and oxygen atoms in total. The number of guanidine groups is 1. The molecule has 0 bridgehead atoms. The van der Waals surface area contributed by atoms with E-state index in [0.29, 0.717) is 22.2 Å². The Labute approximate surface area is 198 Å². The van der Waals surface area contributed by atoms with Crippen molar-refractivity contribution in [1.82, 2.24) is 15.6 Å². The van der Waals surface area contributed by atoms with E-state index in [0.717, 1.165) is 25.7 Å². The molecule has 0 saturated heterocycles. The fraction of sp³-hybridized carbons (Fsp3) is 0.435. The number of halogens is 1. The Morgan fingerprint density at radius 3 is 2.55 bits per heavy atom. The number of hydrogen-bond donors (Lipinski definition) is 3. The van der Waals surface area contributed by atoms with Crippen LogP contribution in [0.15, 0.2) is 53.9 Å². The zero-order valence-electron chi connectivity index (χ0n) is 18.8. The number of pyridine rings is 1. The summed E-state index contributed by atoms with van der Waals surface area (Å²) >= 11 is 6.23. The summed E-state index contributed by atoms with van der Waals surface area (Å²) in [5.74, 6) is -0.157. The van der Waals surface area contributed by atoms with Crippen LogP contribution in [0.2, 0.25) is 5.02 Å². The van der Waals surface area contributed by atoms with E-state index >= 15 is 0 Å². The lowest BCUT2D eigenvalue weighted by molar-refractivity contribution is -0.485. The third kappa shape index (κ3) is 6.64. The van der Waals surface area contributed by atoms with E-state index in [1.54, 1.807) is 42.6 Å². The minimum absolute atomic E-state index is 0.0960. The molecule has 10 heteroatoms. The molecule has 1 saturated carbocycles. The first-order valence-corrected chi connectivity index (χ1v) is 11.4. The van der Waals surface area contributed by atoms with E-state index in [4.69, 9.17) is 11.6 Å². The number of benzene rings is 1. The van der Waals surface area contributed by atoms with Gasteiger partial charge in [0.15, 0.2) is 5.03 Å². The zero-order valence-corrected chi connectivity index (χ0v) is 19.5. The number of nitrogens with one attached hydrogen (secondary N) is 3. The van der Waals surface area contributed by atoms with Gasteiger partial charge in [-0.3, -0.25) is 9.78 Å². The third-order valence-electron chi connectivity index (χ3n) is 6.18. The van der Waals surface area contributed by atoms with Crippen LogP contribution in [0.1, 0.15) is 56.3 Å². The molecule has 1 fully saturated rings. The third-order valence-corrected chi connectivity index (χ3v) is 6.51. The molecule has 1 aromatic carbocycles. The number of anilines is 1. The molecule has 33 heavy (non-hydrogen) atoms. The lowest BCUT2D eigenvalue weighted by Gasteiger charge is -2.43. The standard InChI is InChI=1S/C23H29ClN6O3/c1-23(2,16-9-4-3-5-10-16)21(27-20(31)18-12-6-7-13-19(18)24)28-22(29-30(32)33)26-17-11-8-14-25-15-17/h6-8,11-16,21H,3-5,9-10H2,1-2H3,(H,27,31)(H2,26,28,29). The number of nitrogens with zero attached hydrogens (tertiary/aromatic N) is 3. The molecule has 1 aromatic heterocycles. The van der Waals surface area contributed by atoms with Gasteiger partial charge < -0.3 is 16.0 Å².